The smallest absolute Gasteiger partial charge is 0.284 e. The highest BCUT2D eigenvalue weighted by atomic mass is 79.9. The topological polar surface area (TPSA) is 101 Å². The lowest BCUT2D eigenvalue weighted by atomic mass is 10.1. The molecule has 0 radical (unpaired) electrons. The molecule has 1 aliphatic heterocycles. The lowest BCUT2D eigenvalue weighted by Crippen LogP contribution is -2.48. The molecule has 1 amide bonds. The number of anilines is 1. The molecule has 2 aromatic rings. The van der Waals surface area contributed by atoms with Crippen LogP contribution in [0.2, 0.25) is 0 Å². The Balaban J connectivity index is 1.68. The number of piperidine rings is 1. The highest BCUT2D eigenvalue weighted by Gasteiger charge is 2.24. The van der Waals surface area contributed by atoms with E-state index in [-0.39, 0.29) is 23.2 Å². The normalized spacial score (nSPS) is 17.2. The second-order valence-electron chi connectivity index (χ2n) is 5.73. The van der Waals surface area contributed by atoms with Crippen molar-refractivity contribution >= 4 is 33.5 Å². The largest absolute Gasteiger partial charge is 0.348 e. The maximum atomic E-state index is 12.4. The first-order valence-electron chi connectivity index (χ1n) is 7.81. The molecule has 1 aromatic carbocycles. The Morgan fingerprint density at radius 3 is 2.84 bits per heavy atom. The number of aromatic nitrogens is 2. The van der Waals surface area contributed by atoms with Crippen LogP contribution >= 0.6 is 15.9 Å². The van der Waals surface area contributed by atoms with Crippen LogP contribution in [0.1, 0.15) is 23.2 Å². The third-order valence-electron chi connectivity index (χ3n) is 4.00. The van der Waals surface area contributed by atoms with Crippen molar-refractivity contribution in [1.29, 1.82) is 0 Å². The Morgan fingerprint density at radius 1 is 1.36 bits per heavy atom. The SMILES string of the molecule is O=C(NC1CCCN(c2ncccn2)C1)c1ccc(Br)c([N+](=O)[O-])c1. The molecule has 3 rings (SSSR count). The summed E-state index contributed by atoms with van der Waals surface area (Å²) in [6.45, 7) is 1.44. The standard InChI is InChI=1S/C16H16BrN5O3/c17-13-5-4-11(9-14(13)22(24)25)15(23)20-12-3-1-8-21(10-12)16-18-6-2-7-19-16/h2,4-7,9,12H,1,3,8,10H2,(H,20,23). The van der Waals surface area contributed by atoms with Crippen molar-refractivity contribution in [2.45, 2.75) is 18.9 Å². The summed E-state index contributed by atoms with van der Waals surface area (Å²) in [7, 11) is 0. The number of carbonyl (C=O) groups is 1. The fourth-order valence-electron chi connectivity index (χ4n) is 2.79. The van der Waals surface area contributed by atoms with Crippen LogP contribution in [0, 0.1) is 10.1 Å². The third kappa shape index (κ3) is 4.11. The van der Waals surface area contributed by atoms with Crippen molar-refractivity contribution in [2.24, 2.45) is 0 Å². The lowest BCUT2D eigenvalue weighted by molar-refractivity contribution is -0.385. The van der Waals surface area contributed by atoms with Gasteiger partial charge in [-0.3, -0.25) is 14.9 Å². The van der Waals surface area contributed by atoms with Crippen molar-refractivity contribution in [3.05, 3.63) is 56.8 Å². The van der Waals surface area contributed by atoms with Gasteiger partial charge in [-0.15, -0.1) is 0 Å². The zero-order valence-electron chi connectivity index (χ0n) is 13.3. The first kappa shape index (κ1) is 17.3. The van der Waals surface area contributed by atoms with Gasteiger partial charge in [0.2, 0.25) is 5.95 Å². The summed E-state index contributed by atoms with van der Waals surface area (Å²) in [6.07, 6.45) is 5.12. The summed E-state index contributed by atoms with van der Waals surface area (Å²) in [5.41, 5.74) is 0.138. The predicted octanol–water partition coefficient (Wildman–Crippen LogP) is 2.55. The number of nitrogens with zero attached hydrogens (tertiary/aromatic N) is 4. The monoisotopic (exact) mass is 405 g/mol. The number of benzene rings is 1. The van der Waals surface area contributed by atoms with E-state index in [1.807, 2.05) is 4.90 Å². The maximum absolute atomic E-state index is 12.4. The molecule has 9 heteroatoms. The zero-order valence-corrected chi connectivity index (χ0v) is 14.8. The zero-order chi connectivity index (χ0) is 17.8. The molecule has 1 atom stereocenters. The van der Waals surface area contributed by atoms with Crippen molar-refractivity contribution in [2.75, 3.05) is 18.0 Å². The van der Waals surface area contributed by atoms with Gasteiger partial charge in [0.1, 0.15) is 0 Å². The van der Waals surface area contributed by atoms with Crippen LogP contribution in [0.5, 0.6) is 0 Å². The Labute approximate surface area is 152 Å². The van der Waals surface area contributed by atoms with Gasteiger partial charge in [0.05, 0.1) is 9.40 Å². The van der Waals surface area contributed by atoms with Gasteiger partial charge >= 0.3 is 0 Å². The summed E-state index contributed by atoms with van der Waals surface area (Å²) < 4.78 is 0.346. The quantitative estimate of drug-likeness (QED) is 0.619. The fraction of sp³-hybridized carbons (Fsp3) is 0.312. The fourth-order valence-corrected chi connectivity index (χ4v) is 3.19. The van der Waals surface area contributed by atoms with Crippen LogP contribution in [-0.4, -0.2) is 39.9 Å². The minimum Gasteiger partial charge on any atom is -0.348 e. The van der Waals surface area contributed by atoms with E-state index in [9.17, 15) is 14.9 Å². The maximum Gasteiger partial charge on any atom is 0.284 e. The molecule has 1 aromatic heterocycles. The van der Waals surface area contributed by atoms with Crippen molar-refractivity contribution in [1.82, 2.24) is 15.3 Å². The van der Waals surface area contributed by atoms with Crippen LogP contribution in [0.25, 0.3) is 0 Å². The molecule has 130 valence electrons. The number of nitrogens with one attached hydrogen (secondary N) is 1. The van der Waals surface area contributed by atoms with Gasteiger partial charge in [-0.25, -0.2) is 9.97 Å². The highest BCUT2D eigenvalue weighted by Crippen LogP contribution is 2.25. The predicted molar refractivity (Wildman–Crippen MR) is 95.5 cm³/mol. The number of nitro groups is 1. The number of nitro benzene ring substituents is 1. The van der Waals surface area contributed by atoms with E-state index in [0.29, 0.717) is 17.0 Å². The van der Waals surface area contributed by atoms with Crippen LogP contribution in [0.3, 0.4) is 0 Å². The van der Waals surface area contributed by atoms with E-state index in [4.69, 9.17) is 0 Å². The summed E-state index contributed by atoms with van der Waals surface area (Å²) >= 11 is 3.12. The molecule has 1 aliphatic rings. The molecular formula is C16H16BrN5O3. The van der Waals surface area contributed by atoms with E-state index in [2.05, 4.69) is 31.2 Å². The molecule has 0 bridgehead atoms. The first-order chi connectivity index (χ1) is 12.0. The summed E-state index contributed by atoms with van der Waals surface area (Å²) in [4.78, 5) is 33.4. The van der Waals surface area contributed by atoms with E-state index in [0.717, 1.165) is 19.4 Å². The van der Waals surface area contributed by atoms with Gasteiger partial charge in [0, 0.05) is 43.2 Å². The molecule has 0 aliphatic carbocycles. The second kappa shape index (κ2) is 7.56. The molecule has 1 unspecified atom stereocenters. The lowest BCUT2D eigenvalue weighted by Gasteiger charge is -2.33. The molecule has 0 saturated carbocycles. The average molecular weight is 406 g/mol. The molecule has 1 fully saturated rings. The molecule has 1 N–H and O–H groups in total. The molecule has 25 heavy (non-hydrogen) atoms. The average Bonchev–Trinajstić information content (AvgIpc) is 2.62. The Morgan fingerprint density at radius 2 is 2.12 bits per heavy atom. The number of halogens is 1. The second-order valence-corrected chi connectivity index (χ2v) is 6.59. The number of amides is 1. The highest BCUT2D eigenvalue weighted by molar-refractivity contribution is 9.10. The van der Waals surface area contributed by atoms with Gasteiger partial charge in [-0.2, -0.15) is 0 Å². The molecule has 8 nitrogen and oxygen atoms in total. The van der Waals surface area contributed by atoms with E-state index >= 15 is 0 Å². The van der Waals surface area contributed by atoms with Crippen LogP contribution in [0.15, 0.2) is 41.1 Å². The van der Waals surface area contributed by atoms with Gasteiger partial charge in [-0.05, 0) is 47.0 Å². The number of hydrogen-bond donors (Lipinski definition) is 1. The van der Waals surface area contributed by atoms with E-state index < -0.39 is 4.92 Å². The Bertz CT molecular complexity index is 787. The number of rotatable bonds is 4. The summed E-state index contributed by atoms with van der Waals surface area (Å²) in [5.74, 6) is 0.317. The number of carbonyl (C=O) groups excluding carboxylic acids is 1. The van der Waals surface area contributed by atoms with Gasteiger partial charge < -0.3 is 10.2 Å². The molecule has 2 heterocycles. The first-order valence-corrected chi connectivity index (χ1v) is 8.60. The van der Waals surface area contributed by atoms with Crippen LogP contribution in [-0.2, 0) is 0 Å². The number of hydrogen-bond acceptors (Lipinski definition) is 6. The van der Waals surface area contributed by atoms with Gasteiger partial charge in [0.15, 0.2) is 0 Å². The molecular weight excluding hydrogens is 390 g/mol. The summed E-state index contributed by atoms with van der Waals surface area (Å²) in [6, 6.07) is 6.05. The third-order valence-corrected chi connectivity index (χ3v) is 4.67. The van der Waals surface area contributed by atoms with Crippen molar-refractivity contribution < 1.29 is 9.72 Å². The van der Waals surface area contributed by atoms with E-state index in [1.54, 1.807) is 24.5 Å². The van der Waals surface area contributed by atoms with Gasteiger partial charge in [-0.1, -0.05) is 0 Å². The van der Waals surface area contributed by atoms with Crippen LogP contribution in [0.4, 0.5) is 11.6 Å². The Kier molecular flexibility index (Phi) is 5.22. The van der Waals surface area contributed by atoms with E-state index in [1.165, 1.54) is 12.1 Å². The van der Waals surface area contributed by atoms with Crippen molar-refractivity contribution in [3.63, 3.8) is 0 Å². The molecule has 1 saturated heterocycles. The minimum absolute atomic E-state index is 0.0623. The van der Waals surface area contributed by atoms with Crippen molar-refractivity contribution in [3.8, 4) is 0 Å². The minimum atomic E-state index is -0.518. The Hall–Kier alpha value is -2.55. The van der Waals surface area contributed by atoms with Crippen LogP contribution < -0.4 is 10.2 Å². The van der Waals surface area contributed by atoms with Gasteiger partial charge in [0.25, 0.3) is 11.6 Å². The summed E-state index contributed by atoms with van der Waals surface area (Å²) in [5, 5.41) is 14.0. The molecule has 0 spiro atoms.